The van der Waals surface area contributed by atoms with Crippen LogP contribution < -0.4 is 5.32 Å². The molecule has 0 fully saturated rings. The van der Waals surface area contributed by atoms with Crippen LogP contribution in [-0.2, 0) is 6.42 Å². The van der Waals surface area contributed by atoms with Gasteiger partial charge >= 0.3 is 0 Å². The van der Waals surface area contributed by atoms with Crippen LogP contribution in [0.4, 0.5) is 0 Å². The predicted octanol–water partition coefficient (Wildman–Crippen LogP) is 1.91. The van der Waals surface area contributed by atoms with Gasteiger partial charge in [-0.1, -0.05) is 11.8 Å². The van der Waals surface area contributed by atoms with Gasteiger partial charge in [0.25, 0.3) is 5.91 Å². The van der Waals surface area contributed by atoms with Gasteiger partial charge < -0.3 is 10.4 Å². The lowest BCUT2D eigenvalue weighted by Crippen LogP contribution is -2.24. The fourth-order valence-corrected chi connectivity index (χ4v) is 2.87. The highest BCUT2D eigenvalue weighted by molar-refractivity contribution is 7.14. The van der Waals surface area contributed by atoms with E-state index < -0.39 is 0 Å². The maximum atomic E-state index is 11.9. The molecule has 0 bridgehead atoms. The van der Waals surface area contributed by atoms with Gasteiger partial charge in [-0.2, -0.15) is 0 Å². The molecule has 2 aromatic rings. The molecule has 20 heavy (non-hydrogen) atoms. The number of nitrogens with one attached hydrogen (secondary N) is 1. The fraction of sp³-hybridized carbons (Fsp3) is 0.286. The highest BCUT2D eigenvalue weighted by Crippen LogP contribution is 2.15. The van der Waals surface area contributed by atoms with E-state index in [1.54, 1.807) is 22.9 Å². The number of aliphatic hydroxyl groups is 1. The Morgan fingerprint density at radius 1 is 1.45 bits per heavy atom. The fourth-order valence-electron chi connectivity index (χ4n) is 1.48. The molecule has 0 spiro atoms. The molecule has 0 unspecified atom stereocenters. The van der Waals surface area contributed by atoms with Gasteiger partial charge in [0.15, 0.2) is 0 Å². The molecule has 0 saturated heterocycles. The molecule has 2 N–H and O–H groups in total. The van der Waals surface area contributed by atoms with Crippen molar-refractivity contribution < 1.29 is 9.90 Å². The molecular formula is C14H14N2O2S2. The SMILES string of the molecule is O=C(NCCc1cscn1)c1ccc(C#CCCO)s1. The minimum atomic E-state index is -0.0829. The van der Waals surface area contributed by atoms with Gasteiger partial charge in [0, 0.05) is 24.8 Å². The van der Waals surface area contributed by atoms with Crippen LogP contribution in [0.3, 0.4) is 0 Å². The van der Waals surface area contributed by atoms with Crippen LogP contribution in [-0.4, -0.2) is 29.1 Å². The molecule has 2 heterocycles. The Morgan fingerprint density at radius 2 is 2.35 bits per heavy atom. The van der Waals surface area contributed by atoms with Crippen molar-refractivity contribution in [3.8, 4) is 11.8 Å². The molecule has 104 valence electrons. The minimum absolute atomic E-state index is 0.0579. The zero-order valence-electron chi connectivity index (χ0n) is 10.8. The minimum Gasteiger partial charge on any atom is -0.395 e. The number of thiazole rings is 1. The van der Waals surface area contributed by atoms with E-state index in [2.05, 4.69) is 22.1 Å². The first-order valence-corrected chi connectivity index (χ1v) is 7.90. The Hall–Kier alpha value is -1.68. The van der Waals surface area contributed by atoms with Crippen LogP contribution in [0.2, 0.25) is 0 Å². The number of rotatable bonds is 5. The zero-order chi connectivity index (χ0) is 14.2. The first-order valence-electron chi connectivity index (χ1n) is 6.14. The summed E-state index contributed by atoms with van der Waals surface area (Å²) in [6.07, 6.45) is 1.19. The van der Waals surface area contributed by atoms with E-state index in [-0.39, 0.29) is 12.5 Å². The molecule has 0 aliphatic carbocycles. The van der Waals surface area contributed by atoms with E-state index >= 15 is 0 Å². The lowest BCUT2D eigenvalue weighted by Gasteiger charge is -2.01. The number of thiophene rings is 1. The highest BCUT2D eigenvalue weighted by atomic mass is 32.1. The average molecular weight is 306 g/mol. The molecular weight excluding hydrogens is 292 g/mol. The number of carbonyl (C=O) groups is 1. The Labute approximate surface area is 125 Å². The van der Waals surface area contributed by atoms with Gasteiger partial charge in [-0.05, 0) is 12.1 Å². The Morgan fingerprint density at radius 3 is 3.10 bits per heavy atom. The van der Waals surface area contributed by atoms with Crippen molar-refractivity contribution in [3.05, 3.63) is 38.5 Å². The molecule has 4 nitrogen and oxygen atoms in total. The van der Waals surface area contributed by atoms with Crippen LogP contribution in [0.15, 0.2) is 23.0 Å². The van der Waals surface area contributed by atoms with Crippen molar-refractivity contribution in [2.75, 3.05) is 13.2 Å². The molecule has 6 heteroatoms. The second-order valence-corrected chi connectivity index (χ2v) is 5.73. The second kappa shape index (κ2) is 7.80. The van der Waals surface area contributed by atoms with Crippen LogP contribution in [0.1, 0.15) is 26.7 Å². The lowest BCUT2D eigenvalue weighted by molar-refractivity contribution is 0.0958. The van der Waals surface area contributed by atoms with E-state index in [4.69, 9.17) is 5.11 Å². The molecule has 1 amide bonds. The molecule has 0 radical (unpaired) electrons. The summed E-state index contributed by atoms with van der Waals surface area (Å²) in [5.41, 5.74) is 2.78. The number of hydrogen-bond donors (Lipinski definition) is 2. The molecule has 2 aromatic heterocycles. The van der Waals surface area contributed by atoms with Gasteiger partial charge in [-0.25, -0.2) is 4.98 Å². The zero-order valence-corrected chi connectivity index (χ0v) is 12.4. The number of amides is 1. The molecule has 0 aromatic carbocycles. The van der Waals surface area contributed by atoms with Crippen molar-refractivity contribution in [3.63, 3.8) is 0 Å². The topological polar surface area (TPSA) is 62.2 Å². The number of nitrogens with zero attached hydrogens (tertiary/aromatic N) is 1. The summed E-state index contributed by atoms with van der Waals surface area (Å²) in [5.74, 6) is 5.67. The summed E-state index contributed by atoms with van der Waals surface area (Å²) in [6, 6.07) is 3.59. The van der Waals surface area contributed by atoms with Gasteiger partial charge in [0.2, 0.25) is 0 Å². The van der Waals surface area contributed by atoms with Gasteiger partial charge in [-0.15, -0.1) is 22.7 Å². The van der Waals surface area contributed by atoms with Crippen LogP contribution in [0.25, 0.3) is 0 Å². The Bertz CT molecular complexity index is 609. The summed E-state index contributed by atoms with van der Waals surface area (Å²) in [7, 11) is 0. The van der Waals surface area contributed by atoms with E-state index in [1.165, 1.54) is 11.3 Å². The van der Waals surface area contributed by atoms with Crippen molar-refractivity contribution in [2.45, 2.75) is 12.8 Å². The van der Waals surface area contributed by atoms with Gasteiger partial charge in [-0.3, -0.25) is 4.79 Å². The van der Waals surface area contributed by atoms with E-state index in [9.17, 15) is 4.79 Å². The molecule has 0 aliphatic rings. The normalized spacial score (nSPS) is 9.85. The standard InChI is InChI=1S/C14H14N2O2S2/c17-8-2-1-3-12-4-5-13(20-12)14(18)15-7-6-11-9-19-10-16-11/h4-5,9-10,17H,2,6-8H2,(H,15,18). The number of carbonyl (C=O) groups excluding carboxylic acids is 1. The number of aromatic nitrogens is 1. The van der Waals surface area contributed by atoms with Gasteiger partial charge in [0.1, 0.15) is 0 Å². The second-order valence-electron chi connectivity index (χ2n) is 3.92. The predicted molar refractivity (Wildman–Crippen MR) is 81.1 cm³/mol. The first-order chi connectivity index (χ1) is 9.79. The average Bonchev–Trinajstić information content (AvgIpc) is 3.10. The maximum Gasteiger partial charge on any atom is 0.261 e. The Kier molecular flexibility index (Phi) is 5.74. The third kappa shape index (κ3) is 4.46. The maximum absolute atomic E-state index is 11.9. The smallest absolute Gasteiger partial charge is 0.261 e. The molecule has 2 rings (SSSR count). The van der Waals surface area contributed by atoms with Crippen LogP contribution in [0, 0.1) is 11.8 Å². The monoisotopic (exact) mass is 306 g/mol. The van der Waals surface area contributed by atoms with Crippen molar-refractivity contribution in [2.24, 2.45) is 0 Å². The van der Waals surface area contributed by atoms with Crippen molar-refractivity contribution in [1.82, 2.24) is 10.3 Å². The van der Waals surface area contributed by atoms with E-state index in [1.807, 2.05) is 11.4 Å². The molecule has 0 atom stereocenters. The third-order valence-corrected chi connectivity index (χ3v) is 4.06. The third-order valence-electron chi connectivity index (χ3n) is 2.43. The van der Waals surface area contributed by atoms with Crippen molar-refractivity contribution >= 4 is 28.6 Å². The summed E-state index contributed by atoms with van der Waals surface area (Å²) < 4.78 is 0. The van der Waals surface area contributed by atoms with Crippen LogP contribution >= 0.6 is 22.7 Å². The summed E-state index contributed by atoms with van der Waals surface area (Å²) >= 11 is 2.91. The van der Waals surface area contributed by atoms with E-state index in [0.29, 0.717) is 17.8 Å². The summed E-state index contributed by atoms with van der Waals surface area (Å²) in [5, 5.41) is 13.5. The first kappa shape index (κ1) is 14.7. The summed E-state index contributed by atoms with van der Waals surface area (Å²) in [4.78, 5) is 17.6. The summed E-state index contributed by atoms with van der Waals surface area (Å²) in [6.45, 7) is 0.633. The van der Waals surface area contributed by atoms with Gasteiger partial charge in [0.05, 0.1) is 27.6 Å². The number of hydrogen-bond acceptors (Lipinski definition) is 5. The largest absolute Gasteiger partial charge is 0.395 e. The highest BCUT2D eigenvalue weighted by Gasteiger charge is 2.08. The Balaban J connectivity index is 1.82. The van der Waals surface area contributed by atoms with Crippen molar-refractivity contribution in [1.29, 1.82) is 0 Å². The molecule has 0 aliphatic heterocycles. The number of aliphatic hydroxyl groups excluding tert-OH is 1. The van der Waals surface area contributed by atoms with Crippen LogP contribution in [0.5, 0.6) is 0 Å². The quantitative estimate of drug-likeness (QED) is 0.830. The molecule has 0 saturated carbocycles. The lowest BCUT2D eigenvalue weighted by atomic mass is 10.3. The van der Waals surface area contributed by atoms with E-state index in [0.717, 1.165) is 17.0 Å².